The van der Waals surface area contributed by atoms with E-state index < -0.39 is 5.79 Å². The van der Waals surface area contributed by atoms with Crippen molar-refractivity contribution in [3.8, 4) is 0 Å². The molecule has 160 valence electrons. The minimum Gasteiger partial charge on any atom is -0.378 e. The number of aryl methyl sites for hydroxylation is 1. The van der Waals surface area contributed by atoms with E-state index in [1.165, 1.54) is 11.8 Å². The van der Waals surface area contributed by atoms with Crippen LogP contribution in [0.15, 0.2) is 5.16 Å². The molecule has 1 N–H and O–H groups in total. The Labute approximate surface area is 189 Å². The lowest BCUT2D eigenvalue weighted by molar-refractivity contribution is -0.164. The normalized spacial score (nSPS) is 31.0. The van der Waals surface area contributed by atoms with Crippen LogP contribution in [-0.2, 0) is 19.0 Å². The number of rotatable bonds is 4. The molecule has 0 bridgehead atoms. The fourth-order valence-corrected chi connectivity index (χ4v) is 5.09. The van der Waals surface area contributed by atoms with Gasteiger partial charge in [0.05, 0.1) is 34.4 Å². The van der Waals surface area contributed by atoms with E-state index in [1.54, 1.807) is 0 Å². The number of thioether (sulfide) groups is 1. The van der Waals surface area contributed by atoms with Crippen molar-refractivity contribution in [2.24, 2.45) is 5.92 Å². The third-order valence-electron chi connectivity index (χ3n) is 5.61. The van der Waals surface area contributed by atoms with Crippen LogP contribution in [0.1, 0.15) is 26.0 Å². The zero-order valence-electron chi connectivity index (χ0n) is 17.1. The summed E-state index contributed by atoms with van der Waals surface area (Å²) in [7, 11) is 0. The van der Waals surface area contributed by atoms with E-state index in [0.717, 1.165) is 20.2 Å². The summed E-state index contributed by atoms with van der Waals surface area (Å²) in [4.78, 5) is 24.3. The molecule has 2 saturated heterocycles. The zero-order chi connectivity index (χ0) is 20.8. The molecular formula is C19H27IN4O4S. The molecule has 1 saturated carbocycles. The first-order chi connectivity index (χ1) is 13.8. The summed E-state index contributed by atoms with van der Waals surface area (Å²) < 4.78 is 18.8. The van der Waals surface area contributed by atoms with E-state index in [2.05, 4.69) is 37.9 Å². The Morgan fingerprint density at radius 3 is 2.62 bits per heavy atom. The molecule has 1 aromatic heterocycles. The number of hydrogen-bond donors (Lipinski definition) is 1. The van der Waals surface area contributed by atoms with Gasteiger partial charge in [-0.25, -0.2) is 9.97 Å². The van der Waals surface area contributed by atoms with Gasteiger partial charge in [0, 0.05) is 13.1 Å². The number of nitrogens with one attached hydrogen (secondary N) is 1. The number of carbonyl (C=O) groups excluding carboxylic acids is 1. The predicted octanol–water partition coefficient (Wildman–Crippen LogP) is 2.29. The Kier molecular flexibility index (Phi) is 6.27. The minimum atomic E-state index is -0.710. The van der Waals surface area contributed by atoms with Crippen LogP contribution in [0.25, 0.3) is 0 Å². The van der Waals surface area contributed by atoms with Crippen molar-refractivity contribution in [2.45, 2.75) is 56.4 Å². The van der Waals surface area contributed by atoms with Crippen molar-refractivity contribution in [1.29, 1.82) is 0 Å². The van der Waals surface area contributed by atoms with Gasteiger partial charge >= 0.3 is 0 Å². The lowest BCUT2D eigenvalue weighted by Gasteiger charge is -2.31. The standard InChI is InChI=1S/C19H27IN4O4S/c1-10-13(20)16(23-18(21-10)29-4)22-12-9-11(14-15(12)28-19(2,3)27-14)17(25)24-5-7-26-8-6-24/h11-12,14-15H,5-9H2,1-4H3,(H,21,22,23)/t11-,12+,14+,15-/m0/s1. The third kappa shape index (κ3) is 4.36. The van der Waals surface area contributed by atoms with Crippen LogP contribution in [0.4, 0.5) is 5.82 Å². The summed E-state index contributed by atoms with van der Waals surface area (Å²) in [5, 5.41) is 4.28. The first-order valence-electron chi connectivity index (χ1n) is 9.86. The first kappa shape index (κ1) is 21.5. The number of ether oxygens (including phenoxy) is 3. The molecule has 8 nitrogen and oxygen atoms in total. The Morgan fingerprint density at radius 1 is 1.24 bits per heavy atom. The number of nitrogens with zero attached hydrogens (tertiary/aromatic N) is 3. The fraction of sp³-hybridized carbons (Fsp3) is 0.737. The van der Waals surface area contributed by atoms with Crippen LogP contribution >= 0.6 is 34.4 Å². The van der Waals surface area contributed by atoms with Crippen LogP contribution in [-0.4, -0.2) is 77.4 Å². The highest BCUT2D eigenvalue weighted by atomic mass is 127. The van der Waals surface area contributed by atoms with E-state index in [-0.39, 0.29) is 30.1 Å². The van der Waals surface area contributed by atoms with Crippen LogP contribution < -0.4 is 5.32 Å². The van der Waals surface area contributed by atoms with E-state index in [1.807, 2.05) is 31.9 Å². The monoisotopic (exact) mass is 534 g/mol. The van der Waals surface area contributed by atoms with Gasteiger partial charge < -0.3 is 24.4 Å². The predicted molar refractivity (Wildman–Crippen MR) is 118 cm³/mol. The Hall–Kier alpha value is -0.690. The van der Waals surface area contributed by atoms with Gasteiger partial charge in [-0.2, -0.15) is 0 Å². The van der Waals surface area contributed by atoms with Gasteiger partial charge in [-0.05, 0) is 56.0 Å². The Balaban J connectivity index is 1.58. The molecule has 3 aliphatic rings. The maximum Gasteiger partial charge on any atom is 0.228 e. The number of morpholine rings is 1. The fourth-order valence-electron chi connectivity index (χ4n) is 4.28. The SMILES string of the molecule is CSc1nc(C)c(I)c(N[C@@H]2C[C@H](C(=O)N3CCOCC3)[C@H]3OC(C)(C)O[C@H]32)n1. The van der Waals surface area contributed by atoms with Crippen molar-refractivity contribution in [1.82, 2.24) is 14.9 Å². The summed E-state index contributed by atoms with van der Waals surface area (Å²) >= 11 is 3.78. The Morgan fingerprint density at radius 2 is 1.93 bits per heavy atom. The molecule has 4 atom stereocenters. The van der Waals surface area contributed by atoms with Crippen molar-refractivity contribution >= 4 is 46.1 Å². The van der Waals surface area contributed by atoms with Crippen LogP contribution in [0.2, 0.25) is 0 Å². The van der Waals surface area contributed by atoms with Gasteiger partial charge in [-0.15, -0.1) is 0 Å². The number of hydrogen-bond acceptors (Lipinski definition) is 8. The van der Waals surface area contributed by atoms with Gasteiger partial charge in [0.25, 0.3) is 0 Å². The summed E-state index contributed by atoms with van der Waals surface area (Å²) in [6.07, 6.45) is 2.14. The van der Waals surface area contributed by atoms with Crippen LogP contribution in [0.3, 0.4) is 0 Å². The van der Waals surface area contributed by atoms with E-state index in [4.69, 9.17) is 14.2 Å². The van der Waals surface area contributed by atoms with Crippen molar-refractivity contribution in [3.05, 3.63) is 9.26 Å². The lowest BCUT2D eigenvalue weighted by atomic mass is 10.0. The second kappa shape index (κ2) is 8.45. The molecule has 2 aliphatic heterocycles. The second-order valence-electron chi connectivity index (χ2n) is 8.05. The van der Waals surface area contributed by atoms with Crippen LogP contribution in [0.5, 0.6) is 0 Å². The molecule has 0 aromatic carbocycles. The average molecular weight is 534 g/mol. The van der Waals surface area contributed by atoms with E-state index in [9.17, 15) is 4.79 Å². The van der Waals surface area contributed by atoms with Crippen LogP contribution in [0, 0.1) is 16.4 Å². The van der Waals surface area contributed by atoms with Gasteiger partial charge in [0.1, 0.15) is 18.0 Å². The lowest BCUT2D eigenvalue weighted by Crippen LogP contribution is -2.46. The largest absolute Gasteiger partial charge is 0.378 e. The maximum atomic E-state index is 13.3. The zero-order valence-corrected chi connectivity index (χ0v) is 20.1. The van der Waals surface area contributed by atoms with Gasteiger partial charge in [-0.3, -0.25) is 4.79 Å². The number of amides is 1. The molecule has 1 aromatic rings. The molecule has 1 aliphatic carbocycles. The quantitative estimate of drug-likeness (QED) is 0.358. The number of anilines is 1. The number of halogens is 1. The van der Waals surface area contributed by atoms with E-state index >= 15 is 0 Å². The molecule has 10 heteroatoms. The Bertz CT molecular complexity index is 790. The molecule has 4 rings (SSSR count). The van der Waals surface area contributed by atoms with Gasteiger partial charge in [0.15, 0.2) is 10.9 Å². The number of fused-ring (bicyclic) bond motifs is 1. The topological polar surface area (TPSA) is 85.8 Å². The summed E-state index contributed by atoms with van der Waals surface area (Å²) in [6, 6.07) is -0.0608. The first-order valence-corrected chi connectivity index (χ1v) is 12.2. The molecule has 29 heavy (non-hydrogen) atoms. The highest BCUT2D eigenvalue weighted by Crippen LogP contribution is 2.43. The molecule has 3 fully saturated rings. The van der Waals surface area contributed by atoms with E-state index in [0.29, 0.717) is 32.7 Å². The highest BCUT2D eigenvalue weighted by Gasteiger charge is 2.57. The average Bonchev–Trinajstić information content (AvgIpc) is 3.18. The smallest absolute Gasteiger partial charge is 0.228 e. The minimum absolute atomic E-state index is 0.0608. The van der Waals surface area contributed by atoms with Gasteiger partial charge in [0.2, 0.25) is 5.91 Å². The maximum absolute atomic E-state index is 13.3. The number of aromatic nitrogens is 2. The van der Waals surface area contributed by atoms with Crippen molar-refractivity contribution in [3.63, 3.8) is 0 Å². The summed E-state index contributed by atoms with van der Waals surface area (Å²) in [6.45, 7) is 8.24. The highest BCUT2D eigenvalue weighted by molar-refractivity contribution is 14.1. The molecular weight excluding hydrogens is 507 g/mol. The molecule has 0 spiro atoms. The molecule has 3 heterocycles. The summed E-state index contributed by atoms with van der Waals surface area (Å²) in [5.74, 6) is -0.0254. The number of carbonyl (C=O) groups is 1. The third-order valence-corrected chi connectivity index (χ3v) is 7.44. The molecule has 0 radical (unpaired) electrons. The van der Waals surface area contributed by atoms with Crippen molar-refractivity contribution in [2.75, 3.05) is 37.9 Å². The summed E-state index contributed by atoms with van der Waals surface area (Å²) in [5.41, 5.74) is 0.937. The molecule has 1 amide bonds. The van der Waals surface area contributed by atoms with Crippen molar-refractivity contribution < 1.29 is 19.0 Å². The molecule has 0 unspecified atom stereocenters. The second-order valence-corrected chi connectivity index (χ2v) is 9.91. The van der Waals surface area contributed by atoms with Gasteiger partial charge in [-0.1, -0.05) is 11.8 Å².